The lowest BCUT2D eigenvalue weighted by molar-refractivity contribution is -0.147. The van der Waals surface area contributed by atoms with Crippen LogP contribution >= 0.6 is 0 Å². The van der Waals surface area contributed by atoms with Crippen LogP contribution in [0.25, 0.3) is 11.6 Å². The molecule has 0 bridgehead atoms. The van der Waals surface area contributed by atoms with Crippen molar-refractivity contribution in [3.63, 3.8) is 0 Å². The van der Waals surface area contributed by atoms with Gasteiger partial charge in [0.1, 0.15) is 18.3 Å². The highest BCUT2D eigenvalue weighted by atomic mass is 16.3. The summed E-state index contributed by atoms with van der Waals surface area (Å²) in [5.74, 6) is 1.25. The fourth-order valence-corrected chi connectivity index (χ4v) is 4.03. The number of furan rings is 1. The van der Waals surface area contributed by atoms with E-state index in [1.165, 1.54) is 4.80 Å². The maximum absolute atomic E-state index is 13.2. The van der Waals surface area contributed by atoms with E-state index in [4.69, 9.17) is 4.42 Å². The third kappa shape index (κ3) is 5.06. The van der Waals surface area contributed by atoms with E-state index in [0.717, 1.165) is 31.4 Å². The fourth-order valence-electron chi connectivity index (χ4n) is 4.03. The first-order valence-electron chi connectivity index (χ1n) is 10.7. The molecule has 0 aliphatic heterocycles. The van der Waals surface area contributed by atoms with E-state index in [-0.39, 0.29) is 24.4 Å². The van der Waals surface area contributed by atoms with Crippen LogP contribution in [0.5, 0.6) is 0 Å². The molecule has 0 spiro atoms. The number of hydrogen-bond acceptors (Lipinski definition) is 6. The Balaban J connectivity index is 1.74. The van der Waals surface area contributed by atoms with Gasteiger partial charge in [0, 0.05) is 11.6 Å². The van der Waals surface area contributed by atoms with Crippen LogP contribution in [0, 0.1) is 6.92 Å². The Morgan fingerprint density at radius 3 is 2.57 bits per heavy atom. The molecule has 0 saturated heterocycles. The van der Waals surface area contributed by atoms with E-state index in [9.17, 15) is 9.59 Å². The second kappa shape index (κ2) is 8.97. The molecule has 2 aromatic rings. The zero-order valence-electron chi connectivity index (χ0n) is 18.5. The molecule has 9 heteroatoms. The predicted octanol–water partition coefficient (Wildman–Crippen LogP) is 2.71. The minimum atomic E-state index is -0.547. The molecule has 2 heterocycles. The zero-order valence-corrected chi connectivity index (χ0v) is 18.5. The van der Waals surface area contributed by atoms with Gasteiger partial charge >= 0.3 is 0 Å². The van der Waals surface area contributed by atoms with Gasteiger partial charge in [0.25, 0.3) is 0 Å². The fraction of sp³-hybridized carbons (Fsp3) is 0.667. The maximum atomic E-state index is 13.2. The van der Waals surface area contributed by atoms with Gasteiger partial charge in [-0.25, -0.2) is 0 Å². The molecule has 164 valence electrons. The van der Waals surface area contributed by atoms with Crippen molar-refractivity contribution in [2.45, 2.75) is 90.9 Å². The standard InChI is InChI=1S/C21H32N6O3/c1-6-16(20(29)22-15-9-7-8-10-15)27(21(3,4)5)18(28)13-26-24-19(23-25-26)17-12-11-14(2)30-17/h11-12,15-16H,6-10,13H2,1-5H3,(H,22,29)/t16-/m0/s1. The number of carbonyl (C=O) groups excluding carboxylic acids is 2. The molecule has 1 N–H and O–H groups in total. The molecule has 1 aliphatic rings. The second-order valence-electron chi connectivity index (χ2n) is 8.90. The van der Waals surface area contributed by atoms with E-state index >= 15 is 0 Å². The van der Waals surface area contributed by atoms with Crippen LogP contribution in [0.4, 0.5) is 0 Å². The zero-order chi connectivity index (χ0) is 21.9. The summed E-state index contributed by atoms with van der Waals surface area (Å²) in [5.41, 5.74) is -0.535. The molecule has 9 nitrogen and oxygen atoms in total. The van der Waals surface area contributed by atoms with Crippen molar-refractivity contribution in [3.05, 3.63) is 17.9 Å². The van der Waals surface area contributed by atoms with Gasteiger partial charge in [0.05, 0.1) is 0 Å². The highest BCUT2D eigenvalue weighted by Crippen LogP contribution is 2.23. The van der Waals surface area contributed by atoms with Crippen LogP contribution < -0.4 is 5.32 Å². The Kier molecular flexibility index (Phi) is 6.58. The Bertz CT molecular complexity index is 875. The number of nitrogens with one attached hydrogen (secondary N) is 1. The van der Waals surface area contributed by atoms with Gasteiger partial charge in [-0.2, -0.15) is 4.80 Å². The second-order valence-corrected chi connectivity index (χ2v) is 8.90. The first kappa shape index (κ1) is 22.0. The van der Waals surface area contributed by atoms with Crippen molar-refractivity contribution in [1.82, 2.24) is 30.4 Å². The summed E-state index contributed by atoms with van der Waals surface area (Å²) >= 11 is 0. The summed E-state index contributed by atoms with van der Waals surface area (Å²) in [7, 11) is 0. The lowest BCUT2D eigenvalue weighted by atomic mass is 10.00. The third-order valence-corrected chi connectivity index (χ3v) is 5.38. The molecule has 3 rings (SSSR count). The number of amides is 2. The van der Waals surface area contributed by atoms with Crippen molar-refractivity contribution in [1.29, 1.82) is 0 Å². The van der Waals surface area contributed by atoms with Crippen molar-refractivity contribution in [2.75, 3.05) is 0 Å². The first-order valence-corrected chi connectivity index (χ1v) is 10.7. The summed E-state index contributed by atoms with van der Waals surface area (Å²) in [6, 6.07) is 3.24. The molecule has 0 unspecified atom stereocenters. The SMILES string of the molecule is CC[C@@H](C(=O)NC1CCCC1)N(C(=O)Cn1nnc(-c2ccc(C)o2)n1)C(C)(C)C. The molecular weight excluding hydrogens is 384 g/mol. The maximum Gasteiger partial charge on any atom is 0.247 e. The van der Waals surface area contributed by atoms with Gasteiger partial charge in [-0.05, 0) is 64.3 Å². The average molecular weight is 417 g/mol. The molecule has 1 fully saturated rings. The van der Waals surface area contributed by atoms with Crippen LogP contribution in [0.2, 0.25) is 0 Å². The largest absolute Gasteiger partial charge is 0.458 e. The molecule has 2 aromatic heterocycles. The smallest absolute Gasteiger partial charge is 0.247 e. The number of nitrogens with zero attached hydrogens (tertiary/aromatic N) is 5. The average Bonchev–Trinajstić information content (AvgIpc) is 3.40. The highest BCUT2D eigenvalue weighted by Gasteiger charge is 2.37. The predicted molar refractivity (Wildman–Crippen MR) is 111 cm³/mol. The Morgan fingerprint density at radius 1 is 1.30 bits per heavy atom. The summed E-state index contributed by atoms with van der Waals surface area (Å²) in [5, 5.41) is 15.4. The minimum Gasteiger partial charge on any atom is -0.458 e. The van der Waals surface area contributed by atoms with Gasteiger partial charge in [-0.15, -0.1) is 10.2 Å². The molecule has 0 aromatic carbocycles. The molecule has 0 radical (unpaired) electrons. The van der Waals surface area contributed by atoms with E-state index < -0.39 is 11.6 Å². The summed E-state index contributed by atoms with van der Waals surface area (Å²) in [4.78, 5) is 29.1. The van der Waals surface area contributed by atoms with Crippen molar-refractivity contribution in [3.8, 4) is 11.6 Å². The molecule has 1 aliphatic carbocycles. The van der Waals surface area contributed by atoms with Gasteiger partial charge in [-0.3, -0.25) is 9.59 Å². The number of tetrazole rings is 1. The molecular formula is C21H32N6O3. The highest BCUT2D eigenvalue weighted by molar-refractivity contribution is 5.88. The number of rotatable bonds is 7. The van der Waals surface area contributed by atoms with Crippen molar-refractivity contribution in [2.24, 2.45) is 0 Å². The van der Waals surface area contributed by atoms with Crippen LogP contribution in [-0.2, 0) is 16.1 Å². The van der Waals surface area contributed by atoms with Gasteiger partial charge in [-0.1, -0.05) is 19.8 Å². The minimum absolute atomic E-state index is 0.0917. The van der Waals surface area contributed by atoms with Gasteiger partial charge < -0.3 is 14.6 Å². The van der Waals surface area contributed by atoms with Gasteiger partial charge in [0.15, 0.2) is 5.76 Å². The molecule has 2 amide bonds. The molecule has 1 atom stereocenters. The number of aromatic nitrogens is 4. The Morgan fingerprint density at radius 2 is 2.00 bits per heavy atom. The van der Waals surface area contributed by atoms with E-state index in [2.05, 4.69) is 20.7 Å². The number of carbonyl (C=O) groups is 2. The Hall–Kier alpha value is -2.71. The van der Waals surface area contributed by atoms with Crippen LogP contribution in [0.1, 0.15) is 65.6 Å². The number of aryl methyl sites for hydroxylation is 1. The van der Waals surface area contributed by atoms with Crippen LogP contribution in [0.3, 0.4) is 0 Å². The lowest BCUT2D eigenvalue weighted by Gasteiger charge is -2.41. The summed E-state index contributed by atoms with van der Waals surface area (Å²) in [6.07, 6.45) is 4.81. The van der Waals surface area contributed by atoms with Gasteiger partial charge in [0.2, 0.25) is 17.6 Å². The van der Waals surface area contributed by atoms with E-state index in [1.807, 2.05) is 40.7 Å². The number of hydrogen-bond donors (Lipinski definition) is 1. The van der Waals surface area contributed by atoms with Crippen molar-refractivity contribution >= 4 is 11.8 Å². The first-order chi connectivity index (χ1) is 14.2. The third-order valence-electron chi connectivity index (χ3n) is 5.38. The Labute approximate surface area is 177 Å². The quantitative estimate of drug-likeness (QED) is 0.744. The summed E-state index contributed by atoms with van der Waals surface area (Å²) < 4.78 is 5.51. The van der Waals surface area contributed by atoms with E-state index in [0.29, 0.717) is 18.0 Å². The molecule has 30 heavy (non-hydrogen) atoms. The van der Waals surface area contributed by atoms with E-state index in [1.54, 1.807) is 11.0 Å². The summed E-state index contributed by atoms with van der Waals surface area (Å²) in [6.45, 7) is 9.46. The van der Waals surface area contributed by atoms with Crippen LogP contribution in [-0.4, -0.2) is 54.5 Å². The van der Waals surface area contributed by atoms with Crippen LogP contribution in [0.15, 0.2) is 16.5 Å². The molecule has 1 saturated carbocycles. The normalized spacial score (nSPS) is 15.9. The van der Waals surface area contributed by atoms with Crippen molar-refractivity contribution < 1.29 is 14.0 Å². The lowest BCUT2D eigenvalue weighted by Crippen LogP contribution is -2.58. The monoisotopic (exact) mass is 416 g/mol. The topological polar surface area (TPSA) is 106 Å².